The largest absolute Gasteiger partial charge is 0.486 e. The third-order valence-corrected chi connectivity index (χ3v) is 11.0. The van der Waals surface area contributed by atoms with Crippen molar-refractivity contribution in [1.82, 2.24) is 24.0 Å². The molecule has 2 aromatic heterocycles. The molecule has 4 heterocycles. The van der Waals surface area contributed by atoms with E-state index in [4.69, 9.17) is 18.9 Å². The Morgan fingerprint density at radius 3 is 1.95 bits per heavy atom. The smallest absolute Gasteiger partial charge is 0.258 e. The average molecular weight is 858 g/mol. The van der Waals surface area contributed by atoms with E-state index >= 15 is 0 Å². The van der Waals surface area contributed by atoms with Gasteiger partial charge < -0.3 is 29.2 Å². The van der Waals surface area contributed by atoms with E-state index in [9.17, 15) is 22.8 Å². The van der Waals surface area contributed by atoms with Gasteiger partial charge in [-0.05, 0) is 63.1 Å². The van der Waals surface area contributed by atoms with E-state index in [0.717, 1.165) is 32.5 Å². The maximum Gasteiger partial charge on any atom is 0.258 e. The lowest BCUT2D eigenvalue weighted by atomic mass is 9.98. The molecule has 0 unspecified atom stereocenters. The van der Waals surface area contributed by atoms with Gasteiger partial charge >= 0.3 is 0 Å². The zero-order chi connectivity index (χ0) is 43.4. The summed E-state index contributed by atoms with van der Waals surface area (Å²) >= 11 is 0. The number of aryl methyl sites for hydroxylation is 2. The fourth-order valence-corrected chi connectivity index (χ4v) is 7.84. The van der Waals surface area contributed by atoms with E-state index in [2.05, 4.69) is 20.2 Å². The molecule has 0 bridgehead atoms. The van der Waals surface area contributed by atoms with Crippen molar-refractivity contribution in [3.05, 3.63) is 134 Å². The first-order chi connectivity index (χ1) is 30.1. The molecule has 3 fully saturated rings. The van der Waals surface area contributed by atoms with E-state index < -0.39 is 11.6 Å². The minimum atomic E-state index is -0.473. The SMILES string of the molecule is Cc1cc(=O)n(-c2ccc(N3CCOCC3)c(F)c2)c(COC2CCCCC2)n1.Cc1cc(=O)n(-c2ccc(NCCN3CCOCC3)c(F)c2)c(COc2cccc(F)c2)n1. The van der Waals surface area contributed by atoms with Crippen LogP contribution in [0.5, 0.6) is 5.75 Å². The molecule has 0 atom stereocenters. The highest BCUT2D eigenvalue weighted by Gasteiger charge is 2.20. The van der Waals surface area contributed by atoms with Gasteiger partial charge in [-0.2, -0.15) is 0 Å². The normalized spacial score (nSPS) is 16.1. The van der Waals surface area contributed by atoms with E-state index in [1.807, 2.05) is 4.90 Å². The van der Waals surface area contributed by atoms with E-state index in [0.29, 0.717) is 91.8 Å². The summed E-state index contributed by atoms with van der Waals surface area (Å²) in [7, 11) is 0. The first-order valence-electron chi connectivity index (χ1n) is 21.3. The Bertz CT molecular complexity index is 2390. The number of aromatic nitrogens is 4. The van der Waals surface area contributed by atoms with Crippen molar-refractivity contribution in [2.45, 2.75) is 65.3 Å². The second-order valence-electron chi connectivity index (χ2n) is 15.6. The van der Waals surface area contributed by atoms with Crippen LogP contribution in [0.2, 0.25) is 0 Å². The lowest BCUT2D eigenvalue weighted by molar-refractivity contribution is 0.0124. The average Bonchev–Trinajstić information content (AvgIpc) is 3.26. The molecule has 1 saturated carbocycles. The second-order valence-corrected chi connectivity index (χ2v) is 15.6. The fourth-order valence-electron chi connectivity index (χ4n) is 7.84. The van der Waals surface area contributed by atoms with Crippen molar-refractivity contribution in [3.8, 4) is 17.1 Å². The Morgan fingerprint density at radius 2 is 1.32 bits per heavy atom. The second kappa shape index (κ2) is 21.5. The third kappa shape index (κ3) is 11.9. The molecule has 16 heteroatoms. The lowest BCUT2D eigenvalue weighted by Gasteiger charge is -2.29. The van der Waals surface area contributed by atoms with Gasteiger partial charge in [-0.1, -0.05) is 25.3 Å². The maximum atomic E-state index is 14.9. The number of halogens is 3. The van der Waals surface area contributed by atoms with E-state index in [1.54, 1.807) is 44.2 Å². The van der Waals surface area contributed by atoms with Crippen LogP contribution in [0.25, 0.3) is 11.4 Å². The molecule has 2 aliphatic heterocycles. The van der Waals surface area contributed by atoms with Gasteiger partial charge in [0.25, 0.3) is 11.1 Å². The molecule has 3 aliphatic rings. The summed E-state index contributed by atoms with van der Waals surface area (Å²) in [5, 5.41) is 3.11. The first kappa shape index (κ1) is 44.5. The lowest BCUT2D eigenvalue weighted by Crippen LogP contribution is -2.39. The van der Waals surface area contributed by atoms with Crippen molar-refractivity contribution in [1.29, 1.82) is 0 Å². The minimum Gasteiger partial charge on any atom is -0.486 e. The Morgan fingerprint density at radius 1 is 0.710 bits per heavy atom. The molecule has 5 aromatic rings. The number of anilines is 2. The molecular formula is C46H54F3N7O6. The zero-order valence-electron chi connectivity index (χ0n) is 35.3. The Labute approximate surface area is 359 Å². The van der Waals surface area contributed by atoms with Crippen LogP contribution < -0.4 is 26.1 Å². The van der Waals surface area contributed by atoms with Gasteiger partial charge in [0.2, 0.25) is 0 Å². The van der Waals surface area contributed by atoms with E-state index in [1.165, 1.54) is 70.9 Å². The molecule has 13 nitrogen and oxygen atoms in total. The molecule has 2 saturated heterocycles. The summed E-state index contributed by atoms with van der Waals surface area (Å²) in [5.41, 5.74) is 2.27. The van der Waals surface area contributed by atoms with Crippen LogP contribution in [-0.2, 0) is 27.4 Å². The highest BCUT2D eigenvalue weighted by atomic mass is 19.1. The number of ether oxygens (including phenoxy) is 4. The van der Waals surface area contributed by atoms with Crippen LogP contribution in [0.15, 0.2) is 82.4 Å². The molecule has 1 aliphatic carbocycles. The van der Waals surface area contributed by atoms with Crippen LogP contribution >= 0.6 is 0 Å². The topological polar surface area (TPSA) is 125 Å². The van der Waals surface area contributed by atoms with Crippen LogP contribution in [0.4, 0.5) is 24.5 Å². The fraction of sp³-hybridized carbons (Fsp3) is 0.435. The predicted molar refractivity (Wildman–Crippen MR) is 230 cm³/mol. The number of nitrogens with one attached hydrogen (secondary N) is 1. The Hall–Kier alpha value is -5.55. The molecule has 0 amide bonds. The Kier molecular flexibility index (Phi) is 15.4. The van der Waals surface area contributed by atoms with Crippen LogP contribution in [0.1, 0.15) is 55.1 Å². The molecule has 1 N–H and O–H groups in total. The number of hydrogen-bond donors (Lipinski definition) is 1. The molecule has 3 aromatic carbocycles. The minimum absolute atomic E-state index is 0.0818. The van der Waals surface area contributed by atoms with Crippen molar-refractivity contribution < 1.29 is 32.1 Å². The predicted octanol–water partition coefficient (Wildman–Crippen LogP) is 6.51. The molecule has 8 rings (SSSR count). The summed E-state index contributed by atoms with van der Waals surface area (Å²) in [6.07, 6.45) is 5.88. The molecule has 330 valence electrons. The van der Waals surface area contributed by atoms with Crippen LogP contribution in [-0.4, -0.2) is 95.8 Å². The van der Waals surface area contributed by atoms with Gasteiger partial charge in [-0.3, -0.25) is 23.6 Å². The number of benzene rings is 3. The quantitative estimate of drug-likeness (QED) is 0.140. The summed E-state index contributed by atoms with van der Waals surface area (Å²) < 4.78 is 68.3. The van der Waals surface area contributed by atoms with Crippen molar-refractivity contribution in [2.75, 3.05) is 75.9 Å². The number of nitrogens with zero attached hydrogens (tertiary/aromatic N) is 6. The molecular weight excluding hydrogens is 804 g/mol. The van der Waals surface area contributed by atoms with Crippen LogP contribution in [0, 0.1) is 31.3 Å². The van der Waals surface area contributed by atoms with Gasteiger partial charge in [0.15, 0.2) is 5.82 Å². The summed E-state index contributed by atoms with van der Waals surface area (Å²) in [5.74, 6) is -0.144. The van der Waals surface area contributed by atoms with Gasteiger partial charge in [0.05, 0.1) is 55.3 Å². The highest BCUT2D eigenvalue weighted by molar-refractivity contribution is 5.53. The molecule has 62 heavy (non-hydrogen) atoms. The highest BCUT2D eigenvalue weighted by Crippen LogP contribution is 2.25. The van der Waals surface area contributed by atoms with Gasteiger partial charge in [0.1, 0.15) is 42.2 Å². The number of morpholine rings is 2. The molecule has 0 spiro atoms. The van der Waals surface area contributed by atoms with Crippen LogP contribution in [0.3, 0.4) is 0 Å². The first-order valence-corrected chi connectivity index (χ1v) is 21.3. The summed E-state index contributed by atoms with van der Waals surface area (Å²) in [6, 6.07) is 18.0. The standard InChI is InChI=1S/C24H26F2N4O3.C22H28FN3O3/c1-17-13-24(31)30(23(28-17)16-33-20-4-2-3-18(25)14-20)19-5-6-22(21(26)15-19)27-7-8-29-9-11-32-12-10-29;1-16-13-22(27)26(21(24-16)15-29-18-5-3-2-4-6-18)17-7-8-20(19(23)14-17)25-9-11-28-12-10-25/h2-6,13-15,27H,7-12,16H2,1H3;7-8,13-14,18H,2-6,9-12,15H2,1H3. The van der Waals surface area contributed by atoms with Crippen molar-refractivity contribution in [3.63, 3.8) is 0 Å². The Balaban J connectivity index is 0.000000188. The summed E-state index contributed by atoms with van der Waals surface area (Å²) in [4.78, 5) is 38.6. The molecule has 0 radical (unpaired) electrons. The van der Waals surface area contributed by atoms with Gasteiger partial charge in [-0.15, -0.1) is 0 Å². The van der Waals surface area contributed by atoms with Gasteiger partial charge in [0, 0.05) is 81.0 Å². The summed E-state index contributed by atoms with van der Waals surface area (Å²) in [6.45, 7) is 10.7. The van der Waals surface area contributed by atoms with E-state index in [-0.39, 0.29) is 42.1 Å². The third-order valence-electron chi connectivity index (χ3n) is 11.0. The van der Waals surface area contributed by atoms with Crippen molar-refractivity contribution >= 4 is 11.4 Å². The number of rotatable bonds is 13. The number of hydrogen-bond acceptors (Lipinski definition) is 11. The monoisotopic (exact) mass is 857 g/mol. The van der Waals surface area contributed by atoms with Crippen molar-refractivity contribution in [2.24, 2.45) is 0 Å². The van der Waals surface area contributed by atoms with Gasteiger partial charge in [-0.25, -0.2) is 23.1 Å². The zero-order valence-corrected chi connectivity index (χ0v) is 35.3. The maximum absolute atomic E-state index is 14.9.